The van der Waals surface area contributed by atoms with Crippen LogP contribution in [0.4, 0.5) is 17.6 Å². The number of methoxy groups -OCH3 is 1. The number of ether oxygens (including phenoxy) is 1. The molecule has 5 nitrogen and oxygen atoms in total. The summed E-state index contributed by atoms with van der Waals surface area (Å²) < 4.78 is 61.9. The summed E-state index contributed by atoms with van der Waals surface area (Å²) in [5, 5.41) is 28.9. The fraction of sp³-hybridized carbons (Fsp3) is 0.474. The molecule has 0 saturated heterocycles. The second-order valence-electron chi connectivity index (χ2n) is 7.38. The molecule has 1 aliphatic rings. The van der Waals surface area contributed by atoms with Gasteiger partial charge in [0.2, 0.25) is 0 Å². The molecule has 1 aromatic rings. The topological polar surface area (TPSA) is 90.5 Å². The van der Waals surface area contributed by atoms with E-state index < -0.39 is 76.2 Å². The Morgan fingerprint density at radius 2 is 1.68 bits per heavy atom. The van der Waals surface area contributed by atoms with Gasteiger partial charge in [-0.3, -0.25) is 4.79 Å². The Hall–Kier alpha value is -2.44. The van der Waals surface area contributed by atoms with Crippen molar-refractivity contribution in [3.05, 3.63) is 46.5 Å². The van der Waals surface area contributed by atoms with Crippen LogP contribution in [0.1, 0.15) is 25.0 Å². The molecule has 0 radical (unpaired) electrons. The minimum absolute atomic E-state index is 0.324. The lowest BCUT2D eigenvalue weighted by atomic mass is 9.87. The summed E-state index contributed by atoms with van der Waals surface area (Å²) in [6, 6.07) is 1.61. The van der Waals surface area contributed by atoms with Gasteiger partial charge in [0.15, 0.2) is 23.3 Å². The van der Waals surface area contributed by atoms with Crippen molar-refractivity contribution in [2.24, 2.45) is 16.7 Å². The van der Waals surface area contributed by atoms with Crippen LogP contribution < -0.4 is 0 Å². The highest BCUT2D eigenvalue weighted by molar-refractivity contribution is 5.82. The number of nitriles is 1. The second kappa shape index (κ2) is 7.18. The number of carboxylic acid groups (broad SMARTS) is 1. The molecule has 152 valence electrons. The number of rotatable bonds is 7. The van der Waals surface area contributed by atoms with Crippen LogP contribution in [0, 0.1) is 51.3 Å². The van der Waals surface area contributed by atoms with Gasteiger partial charge < -0.3 is 14.9 Å². The summed E-state index contributed by atoms with van der Waals surface area (Å²) in [6.45, 7) is 5.46. The normalized spacial score (nSPS) is 23.8. The zero-order chi connectivity index (χ0) is 21.6. The third-order valence-corrected chi connectivity index (χ3v) is 5.76. The minimum atomic E-state index is -1.96. The Morgan fingerprint density at radius 3 is 2.07 bits per heavy atom. The van der Waals surface area contributed by atoms with Gasteiger partial charge in [-0.25, -0.2) is 17.6 Å². The van der Waals surface area contributed by atoms with E-state index in [1.54, 1.807) is 6.07 Å². The molecule has 1 aliphatic carbocycles. The Balaban J connectivity index is 2.61. The molecule has 28 heavy (non-hydrogen) atoms. The summed E-state index contributed by atoms with van der Waals surface area (Å²) >= 11 is 0. The summed E-state index contributed by atoms with van der Waals surface area (Å²) in [5.74, 6) is -9.45. The largest absolute Gasteiger partial charge is 0.481 e. The van der Waals surface area contributed by atoms with E-state index in [1.807, 2.05) is 0 Å². The van der Waals surface area contributed by atoms with Crippen molar-refractivity contribution in [2.75, 3.05) is 7.11 Å². The molecular formula is C19H19F4NO4. The van der Waals surface area contributed by atoms with Crippen LogP contribution in [0.15, 0.2) is 12.2 Å². The van der Waals surface area contributed by atoms with Gasteiger partial charge in [0.25, 0.3) is 0 Å². The van der Waals surface area contributed by atoms with Gasteiger partial charge in [0.1, 0.15) is 0 Å². The van der Waals surface area contributed by atoms with Crippen molar-refractivity contribution in [1.82, 2.24) is 0 Å². The van der Waals surface area contributed by atoms with Gasteiger partial charge in [-0.1, -0.05) is 20.4 Å². The number of nitrogens with zero attached hydrogens (tertiary/aromatic N) is 1. The highest BCUT2D eigenvalue weighted by Crippen LogP contribution is 2.72. The second-order valence-corrected chi connectivity index (χ2v) is 7.38. The monoisotopic (exact) mass is 401 g/mol. The fourth-order valence-corrected chi connectivity index (χ4v) is 4.08. The number of aliphatic carboxylic acids is 1. The number of carboxylic acids is 1. The van der Waals surface area contributed by atoms with Crippen molar-refractivity contribution in [3.63, 3.8) is 0 Å². The van der Waals surface area contributed by atoms with E-state index >= 15 is 0 Å². The Kier molecular flexibility index (Phi) is 5.61. The summed E-state index contributed by atoms with van der Waals surface area (Å²) in [7, 11) is 1.09. The number of aliphatic hydroxyl groups excluding tert-OH is 1. The van der Waals surface area contributed by atoms with E-state index in [9.17, 15) is 32.6 Å². The van der Waals surface area contributed by atoms with Crippen LogP contribution in [0.5, 0.6) is 0 Å². The van der Waals surface area contributed by atoms with E-state index in [4.69, 9.17) is 5.26 Å². The maximum Gasteiger partial charge on any atom is 0.310 e. The van der Waals surface area contributed by atoms with Gasteiger partial charge in [0.05, 0.1) is 35.3 Å². The zero-order valence-electron chi connectivity index (χ0n) is 15.4. The Labute approximate surface area is 158 Å². The molecular weight excluding hydrogens is 382 g/mol. The third kappa shape index (κ3) is 2.88. The minimum Gasteiger partial charge on any atom is -0.481 e. The van der Waals surface area contributed by atoms with E-state index in [-0.39, 0.29) is 5.57 Å². The van der Waals surface area contributed by atoms with Crippen molar-refractivity contribution in [3.8, 4) is 6.07 Å². The summed E-state index contributed by atoms with van der Waals surface area (Å²) in [6.07, 6.45) is -2.51. The Morgan fingerprint density at radius 1 is 1.21 bits per heavy atom. The third-order valence-electron chi connectivity index (χ3n) is 5.76. The lowest BCUT2D eigenvalue weighted by Crippen LogP contribution is -2.28. The Bertz CT molecular complexity index is 864. The average Bonchev–Trinajstić information content (AvgIpc) is 3.15. The quantitative estimate of drug-likeness (QED) is 0.416. The number of benzene rings is 1. The number of halogens is 4. The molecule has 0 amide bonds. The van der Waals surface area contributed by atoms with Crippen LogP contribution in [0.25, 0.3) is 0 Å². The molecule has 0 spiro atoms. The molecule has 1 saturated carbocycles. The number of hydrogen-bond acceptors (Lipinski definition) is 4. The van der Waals surface area contributed by atoms with E-state index in [0.29, 0.717) is 0 Å². The van der Waals surface area contributed by atoms with Crippen LogP contribution in [-0.2, 0) is 22.6 Å². The molecule has 0 aromatic heterocycles. The maximum absolute atomic E-state index is 14.5. The van der Waals surface area contributed by atoms with Gasteiger partial charge in [-0.15, -0.1) is 0 Å². The number of hydrogen-bond donors (Lipinski definition) is 2. The van der Waals surface area contributed by atoms with Gasteiger partial charge in [-0.05, 0) is 11.8 Å². The predicted octanol–water partition coefficient (Wildman–Crippen LogP) is 3.10. The first-order valence-electron chi connectivity index (χ1n) is 8.23. The molecule has 0 bridgehead atoms. The van der Waals surface area contributed by atoms with Crippen LogP contribution in [0.2, 0.25) is 0 Å². The summed E-state index contributed by atoms with van der Waals surface area (Å²) in [4.78, 5) is 12.0. The highest BCUT2D eigenvalue weighted by atomic mass is 19.2. The lowest BCUT2D eigenvalue weighted by molar-refractivity contribution is -0.145. The molecule has 3 unspecified atom stereocenters. The molecule has 2 N–H and O–H groups in total. The molecule has 9 heteroatoms. The zero-order valence-corrected chi connectivity index (χ0v) is 15.4. The fourth-order valence-electron chi connectivity index (χ4n) is 4.08. The number of aliphatic hydroxyl groups is 1. The smallest absolute Gasteiger partial charge is 0.310 e. The first kappa shape index (κ1) is 21.9. The molecule has 1 fully saturated rings. The van der Waals surface area contributed by atoms with E-state index in [1.165, 1.54) is 13.8 Å². The van der Waals surface area contributed by atoms with Crippen molar-refractivity contribution >= 4 is 5.97 Å². The first-order chi connectivity index (χ1) is 12.9. The van der Waals surface area contributed by atoms with Gasteiger partial charge in [0, 0.05) is 18.6 Å². The first-order valence-corrected chi connectivity index (χ1v) is 8.23. The SMILES string of the molecule is C=C(C#N)C(O)C1C(C)(C)C1(Cc1c(F)c(F)c(COC)c(F)c1F)C(=O)O. The van der Waals surface area contributed by atoms with Gasteiger partial charge >= 0.3 is 5.97 Å². The van der Waals surface area contributed by atoms with Crippen LogP contribution in [0.3, 0.4) is 0 Å². The van der Waals surface area contributed by atoms with Crippen molar-refractivity contribution < 1.29 is 37.3 Å². The predicted molar refractivity (Wildman–Crippen MR) is 88.8 cm³/mol. The maximum atomic E-state index is 14.5. The lowest BCUT2D eigenvalue weighted by Gasteiger charge is -2.19. The van der Waals surface area contributed by atoms with Gasteiger partial charge in [-0.2, -0.15) is 5.26 Å². The van der Waals surface area contributed by atoms with E-state index in [2.05, 4.69) is 11.3 Å². The molecule has 3 atom stereocenters. The molecule has 1 aromatic carbocycles. The van der Waals surface area contributed by atoms with Crippen LogP contribution in [-0.4, -0.2) is 29.4 Å². The standard InChI is InChI=1S/C19H19F4NO4/c1-8(6-24)15(25)16-18(2,3)19(16,17(26)27)5-9-11(20)13(22)10(7-28-4)14(23)12(9)21/h15-16,25H,1,5,7H2,2-4H3,(H,26,27). The van der Waals surface area contributed by atoms with Crippen molar-refractivity contribution in [1.29, 1.82) is 5.26 Å². The summed E-state index contributed by atoms with van der Waals surface area (Å²) in [5.41, 5.74) is -5.56. The van der Waals surface area contributed by atoms with Crippen molar-refractivity contribution in [2.45, 2.75) is 33.0 Å². The van der Waals surface area contributed by atoms with E-state index in [0.717, 1.165) is 7.11 Å². The molecule has 0 heterocycles. The molecule has 2 rings (SSSR count). The highest BCUT2D eigenvalue weighted by Gasteiger charge is 2.78. The average molecular weight is 401 g/mol. The number of carbonyl (C=O) groups is 1. The van der Waals surface area contributed by atoms with Crippen LogP contribution >= 0.6 is 0 Å². The molecule has 0 aliphatic heterocycles.